The molecule has 0 fully saturated rings. The zero-order chi connectivity index (χ0) is 15.6. The summed E-state index contributed by atoms with van der Waals surface area (Å²) in [5.74, 6) is -0.848. The molecule has 1 aromatic rings. The van der Waals surface area contributed by atoms with Gasteiger partial charge in [-0.2, -0.15) is 0 Å². The molecule has 0 radical (unpaired) electrons. The number of sulfone groups is 1. The second-order valence-corrected chi connectivity index (χ2v) is 7.72. The van der Waals surface area contributed by atoms with Gasteiger partial charge in [-0.1, -0.05) is 0 Å². The first kappa shape index (κ1) is 16.4. The largest absolute Gasteiger partial charge is 0.387 e. The molecule has 20 heavy (non-hydrogen) atoms. The number of sulfonamides is 1. The van der Waals surface area contributed by atoms with Gasteiger partial charge >= 0.3 is 0 Å². The predicted octanol–water partition coefficient (Wildman–Crippen LogP) is -1.10. The van der Waals surface area contributed by atoms with Crippen molar-refractivity contribution in [3.63, 3.8) is 0 Å². The highest BCUT2D eigenvalue weighted by molar-refractivity contribution is 7.91. The van der Waals surface area contributed by atoms with Crippen molar-refractivity contribution in [2.45, 2.75) is 9.79 Å². The zero-order valence-electron chi connectivity index (χ0n) is 10.9. The van der Waals surface area contributed by atoms with Crippen LogP contribution in [0.4, 0.5) is 5.69 Å². The Kier molecular flexibility index (Phi) is 4.73. The van der Waals surface area contributed by atoms with Gasteiger partial charge < -0.3 is 11.1 Å². The van der Waals surface area contributed by atoms with Crippen molar-refractivity contribution >= 4 is 31.5 Å². The van der Waals surface area contributed by atoms with Gasteiger partial charge in [0.2, 0.25) is 15.9 Å². The number of carbonyl (C=O) groups is 1. The fourth-order valence-electron chi connectivity index (χ4n) is 1.41. The molecule has 0 aromatic heterocycles. The quantitative estimate of drug-likeness (QED) is 0.608. The second kappa shape index (κ2) is 5.77. The first-order valence-corrected chi connectivity index (χ1v) is 8.75. The van der Waals surface area contributed by atoms with E-state index < -0.39 is 32.3 Å². The lowest BCUT2D eigenvalue weighted by Gasteiger charge is -2.11. The van der Waals surface area contributed by atoms with Gasteiger partial charge in [0.15, 0.2) is 9.84 Å². The molecule has 0 saturated carbocycles. The molecule has 1 aromatic carbocycles. The van der Waals surface area contributed by atoms with E-state index in [-0.39, 0.29) is 15.5 Å². The number of rotatable bonds is 6. The van der Waals surface area contributed by atoms with Gasteiger partial charge in [-0.15, -0.1) is 0 Å². The lowest BCUT2D eigenvalue weighted by molar-refractivity contribution is -0.116. The topological polar surface area (TPSA) is 135 Å². The number of hydrogen-bond acceptors (Lipinski definition) is 6. The van der Waals surface area contributed by atoms with Crippen LogP contribution in [0.15, 0.2) is 28.0 Å². The molecule has 0 unspecified atom stereocenters. The average Bonchev–Trinajstić information content (AvgIpc) is 2.34. The third kappa shape index (κ3) is 3.92. The molecule has 10 heteroatoms. The van der Waals surface area contributed by atoms with Gasteiger partial charge in [0.05, 0.1) is 17.1 Å². The van der Waals surface area contributed by atoms with E-state index in [0.717, 1.165) is 12.3 Å². The summed E-state index contributed by atoms with van der Waals surface area (Å²) in [4.78, 5) is 10.2. The van der Waals surface area contributed by atoms with Crippen LogP contribution in [0, 0.1) is 0 Å². The van der Waals surface area contributed by atoms with Gasteiger partial charge in [-0.3, -0.25) is 4.79 Å². The molecule has 1 rings (SSSR count). The van der Waals surface area contributed by atoms with Crippen LogP contribution in [0.3, 0.4) is 0 Å². The van der Waals surface area contributed by atoms with Crippen LogP contribution in [-0.4, -0.2) is 42.6 Å². The van der Waals surface area contributed by atoms with Crippen LogP contribution >= 0.6 is 0 Å². The van der Waals surface area contributed by atoms with E-state index in [1.807, 2.05) is 4.72 Å². The van der Waals surface area contributed by atoms with E-state index in [2.05, 4.69) is 5.32 Å². The number of primary amides is 1. The number of hydrogen-bond donors (Lipinski definition) is 3. The van der Waals surface area contributed by atoms with Crippen LogP contribution in [0.5, 0.6) is 0 Å². The van der Waals surface area contributed by atoms with E-state index in [0.29, 0.717) is 0 Å². The van der Waals surface area contributed by atoms with E-state index in [1.165, 1.54) is 19.2 Å². The Labute approximate surface area is 117 Å². The molecule has 112 valence electrons. The summed E-state index contributed by atoms with van der Waals surface area (Å²) in [6.45, 7) is -0.575. The number of benzene rings is 1. The molecule has 0 bridgehead atoms. The molecule has 1 amide bonds. The molecule has 8 nitrogen and oxygen atoms in total. The van der Waals surface area contributed by atoms with Crippen molar-refractivity contribution in [3.8, 4) is 0 Å². The van der Waals surface area contributed by atoms with Crippen molar-refractivity contribution in [2.24, 2.45) is 5.73 Å². The first-order chi connectivity index (χ1) is 9.08. The van der Waals surface area contributed by atoms with Crippen LogP contribution in [0.25, 0.3) is 0 Å². The lowest BCUT2D eigenvalue weighted by Crippen LogP contribution is -2.33. The highest BCUT2D eigenvalue weighted by atomic mass is 32.2. The minimum Gasteiger partial charge on any atom is -0.387 e. The third-order valence-electron chi connectivity index (χ3n) is 2.38. The normalized spacial score (nSPS) is 12.1. The Morgan fingerprint density at radius 1 is 1.25 bits per heavy atom. The predicted molar refractivity (Wildman–Crippen MR) is 73.5 cm³/mol. The zero-order valence-corrected chi connectivity index (χ0v) is 12.5. The standard InChI is InChI=1S/C10H15N3O5S2/c1-12-8-4-3-7(19(2,15)16)5-9(8)20(17,18)13-6-10(11)14/h3-5,12-13H,6H2,1-2H3,(H2,11,14). The number of nitrogens with one attached hydrogen (secondary N) is 2. The Hall–Kier alpha value is -1.65. The fourth-order valence-corrected chi connectivity index (χ4v) is 3.36. The maximum absolute atomic E-state index is 12.0. The third-order valence-corrected chi connectivity index (χ3v) is 4.93. The molecular weight excluding hydrogens is 306 g/mol. The van der Waals surface area contributed by atoms with Gasteiger partial charge in [0, 0.05) is 13.3 Å². The van der Waals surface area contributed by atoms with Gasteiger partial charge in [-0.25, -0.2) is 21.6 Å². The van der Waals surface area contributed by atoms with E-state index in [1.54, 1.807) is 0 Å². The highest BCUT2D eigenvalue weighted by Gasteiger charge is 2.21. The molecule has 4 N–H and O–H groups in total. The monoisotopic (exact) mass is 321 g/mol. The first-order valence-electron chi connectivity index (χ1n) is 5.38. The van der Waals surface area contributed by atoms with Crippen molar-refractivity contribution in [1.29, 1.82) is 0 Å². The smallest absolute Gasteiger partial charge is 0.243 e. The van der Waals surface area contributed by atoms with E-state index in [9.17, 15) is 21.6 Å². The highest BCUT2D eigenvalue weighted by Crippen LogP contribution is 2.24. The van der Waals surface area contributed by atoms with Gasteiger partial charge in [0.25, 0.3) is 0 Å². The summed E-state index contributed by atoms with van der Waals surface area (Å²) < 4.78 is 49.0. The summed E-state index contributed by atoms with van der Waals surface area (Å²) in [6.07, 6.45) is 0.967. The van der Waals surface area contributed by atoms with Crippen molar-refractivity contribution in [3.05, 3.63) is 18.2 Å². The number of nitrogens with two attached hydrogens (primary N) is 1. The van der Waals surface area contributed by atoms with Crippen molar-refractivity contribution in [2.75, 3.05) is 25.2 Å². The molecule has 0 aliphatic rings. The SMILES string of the molecule is CNc1ccc(S(C)(=O)=O)cc1S(=O)(=O)NCC(N)=O. The summed E-state index contributed by atoms with van der Waals surface area (Å²) in [7, 11) is -6.12. The Morgan fingerprint density at radius 3 is 2.30 bits per heavy atom. The van der Waals surface area contributed by atoms with Crippen LogP contribution in [0.1, 0.15) is 0 Å². The maximum atomic E-state index is 12.0. The summed E-state index contributed by atoms with van der Waals surface area (Å²) in [5.41, 5.74) is 5.07. The lowest BCUT2D eigenvalue weighted by atomic mass is 10.3. The number of amides is 1. The van der Waals surface area contributed by atoms with Crippen molar-refractivity contribution < 1.29 is 21.6 Å². The number of carbonyl (C=O) groups excluding carboxylic acids is 1. The summed E-state index contributed by atoms with van der Waals surface area (Å²) >= 11 is 0. The average molecular weight is 321 g/mol. The van der Waals surface area contributed by atoms with Crippen molar-refractivity contribution in [1.82, 2.24) is 4.72 Å². The van der Waals surface area contributed by atoms with Crippen LogP contribution in [-0.2, 0) is 24.7 Å². The number of anilines is 1. The fraction of sp³-hybridized carbons (Fsp3) is 0.300. The second-order valence-electron chi connectivity index (χ2n) is 3.97. The van der Waals surface area contributed by atoms with Crippen LogP contribution in [0.2, 0.25) is 0 Å². The Morgan fingerprint density at radius 2 is 1.85 bits per heavy atom. The molecular formula is C10H15N3O5S2. The Bertz CT molecular complexity index is 725. The van der Waals surface area contributed by atoms with Gasteiger partial charge in [-0.05, 0) is 18.2 Å². The molecule has 0 aliphatic carbocycles. The molecule has 0 atom stereocenters. The van der Waals surface area contributed by atoms with E-state index in [4.69, 9.17) is 5.73 Å². The summed E-state index contributed by atoms with van der Waals surface area (Å²) in [6, 6.07) is 3.63. The molecule has 0 heterocycles. The van der Waals surface area contributed by atoms with Crippen LogP contribution < -0.4 is 15.8 Å². The molecule has 0 spiro atoms. The summed E-state index contributed by atoms with van der Waals surface area (Å²) in [5, 5.41) is 2.64. The molecule has 0 saturated heterocycles. The maximum Gasteiger partial charge on any atom is 0.243 e. The van der Waals surface area contributed by atoms with E-state index >= 15 is 0 Å². The minimum absolute atomic E-state index is 0.143. The Balaban J connectivity index is 3.37. The minimum atomic E-state index is -4.06. The van der Waals surface area contributed by atoms with Gasteiger partial charge in [0.1, 0.15) is 4.90 Å². The molecule has 0 aliphatic heterocycles.